The predicted octanol–water partition coefficient (Wildman–Crippen LogP) is 3.60. The van der Waals surface area contributed by atoms with Gasteiger partial charge in [-0.05, 0) is 51.3 Å². The lowest BCUT2D eigenvalue weighted by Crippen LogP contribution is -2.49. The maximum absolute atomic E-state index is 12.0. The van der Waals surface area contributed by atoms with Crippen molar-refractivity contribution in [2.24, 2.45) is 0 Å². The predicted molar refractivity (Wildman–Crippen MR) is 89.4 cm³/mol. The van der Waals surface area contributed by atoms with Crippen LogP contribution in [0.15, 0.2) is 24.3 Å². The Labute approximate surface area is 133 Å². The van der Waals surface area contributed by atoms with E-state index in [0.717, 1.165) is 18.6 Å². The third-order valence-corrected chi connectivity index (χ3v) is 4.34. The highest BCUT2D eigenvalue weighted by atomic mass is 16.5. The average Bonchev–Trinajstić information content (AvgIpc) is 2.94. The Morgan fingerprint density at radius 2 is 1.77 bits per heavy atom. The highest BCUT2D eigenvalue weighted by Crippen LogP contribution is 2.41. The number of carbonyl (C=O) groups is 1. The minimum absolute atomic E-state index is 0.0570. The Morgan fingerprint density at radius 1 is 1.18 bits per heavy atom. The van der Waals surface area contributed by atoms with Gasteiger partial charge in [-0.3, -0.25) is 0 Å². The quantitative estimate of drug-likeness (QED) is 0.893. The van der Waals surface area contributed by atoms with Crippen LogP contribution >= 0.6 is 0 Å². The normalized spacial score (nSPS) is 17.1. The molecule has 0 heterocycles. The topological polar surface area (TPSA) is 50.4 Å². The Bertz CT molecular complexity index is 497. The summed E-state index contributed by atoms with van der Waals surface area (Å²) in [6.07, 6.45) is 4.67. The van der Waals surface area contributed by atoms with Crippen molar-refractivity contribution < 1.29 is 9.53 Å². The van der Waals surface area contributed by atoms with E-state index in [1.807, 2.05) is 32.9 Å². The molecular formula is C18H28N2O2. The number of amides is 2. The van der Waals surface area contributed by atoms with Gasteiger partial charge in [0.1, 0.15) is 5.75 Å². The number of methoxy groups -OCH3 is 1. The average molecular weight is 304 g/mol. The van der Waals surface area contributed by atoms with E-state index in [9.17, 15) is 4.79 Å². The number of rotatable bonds is 4. The zero-order valence-electron chi connectivity index (χ0n) is 14.2. The molecule has 0 atom stereocenters. The number of nitrogens with one attached hydrogen (secondary N) is 2. The summed E-state index contributed by atoms with van der Waals surface area (Å²) < 4.78 is 5.24. The molecule has 1 aromatic carbocycles. The van der Waals surface area contributed by atoms with E-state index < -0.39 is 0 Å². The van der Waals surface area contributed by atoms with Crippen LogP contribution < -0.4 is 15.4 Å². The zero-order chi connectivity index (χ0) is 16.2. The molecule has 2 N–H and O–H groups in total. The second-order valence-electron chi connectivity index (χ2n) is 7.27. The Hall–Kier alpha value is -1.71. The van der Waals surface area contributed by atoms with Crippen LogP contribution in [-0.4, -0.2) is 25.2 Å². The third-order valence-electron chi connectivity index (χ3n) is 4.34. The van der Waals surface area contributed by atoms with Gasteiger partial charge < -0.3 is 15.4 Å². The molecule has 4 nitrogen and oxygen atoms in total. The fraction of sp³-hybridized carbons (Fsp3) is 0.611. The Morgan fingerprint density at radius 3 is 2.27 bits per heavy atom. The summed E-state index contributed by atoms with van der Waals surface area (Å²) in [5, 5.41) is 6.03. The second-order valence-corrected chi connectivity index (χ2v) is 7.27. The maximum atomic E-state index is 12.0. The molecule has 1 aliphatic carbocycles. The van der Waals surface area contributed by atoms with Crippen molar-refractivity contribution in [1.29, 1.82) is 0 Å². The maximum Gasteiger partial charge on any atom is 0.315 e. The van der Waals surface area contributed by atoms with Crippen molar-refractivity contribution in [3.05, 3.63) is 29.8 Å². The molecule has 122 valence electrons. The standard InChI is InChI=1S/C18H28N2O2/c1-17(2,3)20-16(21)19-13-18(11-5-6-12-18)14-7-9-15(22-4)10-8-14/h7-10H,5-6,11-13H2,1-4H3,(H2,19,20,21). The molecule has 0 saturated heterocycles. The molecule has 2 amide bonds. The Balaban J connectivity index is 2.06. The Kier molecular flexibility index (Phi) is 4.99. The van der Waals surface area contributed by atoms with Gasteiger partial charge in [0, 0.05) is 17.5 Å². The SMILES string of the molecule is COc1ccc(C2(CNC(=O)NC(C)(C)C)CCCC2)cc1. The fourth-order valence-corrected chi connectivity index (χ4v) is 3.20. The summed E-state index contributed by atoms with van der Waals surface area (Å²) in [7, 11) is 1.68. The van der Waals surface area contributed by atoms with Gasteiger partial charge in [0.15, 0.2) is 0 Å². The van der Waals surface area contributed by atoms with Crippen LogP contribution in [0, 0.1) is 0 Å². The number of ether oxygens (including phenoxy) is 1. The van der Waals surface area contributed by atoms with Gasteiger partial charge in [0.25, 0.3) is 0 Å². The van der Waals surface area contributed by atoms with Crippen molar-refractivity contribution in [3.63, 3.8) is 0 Å². The molecule has 1 saturated carbocycles. The number of hydrogen-bond acceptors (Lipinski definition) is 2. The van der Waals surface area contributed by atoms with Crippen LogP contribution in [0.2, 0.25) is 0 Å². The van der Waals surface area contributed by atoms with Gasteiger partial charge in [-0.2, -0.15) is 0 Å². The van der Waals surface area contributed by atoms with Gasteiger partial charge in [0.05, 0.1) is 7.11 Å². The summed E-state index contributed by atoms with van der Waals surface area (Å²) in [4.78, 5) is 12.0. The molecule has 1 aliphatic rings. The number of benzene rings is 1. The van der Waals surface area contributed by atoms with Crippen molar-refractivity contribution >= 4 is 6.03 Å². The molecule has 2 rings (SSSR count). The summed E-state index contributed by atoms with van der Waals surface area (Å²) in [6.45, 7) is 6.64. The molecule has 0 aliphatic heterocycles. The smallest absolute Gasteiger partial charge is 0.315 e. The third kappa shape index (κ3) is 4.15. The van der Waals surface area contributed by atoms with E-state index in [-0.39, 0.29) is 17.0 Å². The summed E-state index contributed by atoms with van der Waals surface area (Å²) in [5.41, 5.74) is 1.14. The lowest BCUT2D eigenvalue weighted by Gasteiger charge is -2.31. The minimum atomic E-state index is -0.215. The number of urea groups is 1. The van der Waals surface area contributed by atoms with Crippen molar-refractivity contribution in [3.8, 4) is 5.75 Å². The van der Waals surface area contributed by atoms with E-state index in [4.69, 9.17) is 4.74 Å². The molecule has 0 unspecified atom stereocenters. The molecular weight excluding hydrogens is 276 g/mol. The highest BCUT2D eigenvalue weighted by Gasteiger charge is 2.36. The van der Waals surface area contributed by atoms with E-state index in [1.165, 1.54) is 18.4 Å². The van der Waals surface area contributed by atoms with Gasteiger partial charge in [-0.15, -0.1) is 0 Å². The molecule has 0 bridgehead atoms. The first-order valence-electron chi connectivity index (χ1n) is 8.05. The summed E-state index contributed by atoms with van der Waals surface area (Å²) in [5.74, 6) is 0.871. The van der Waals surface area contributed by atoms with Crippen molar-refractivity contribution in [2.75, 3.05) is 13.7 Å². The van der Waals surface area contributed by atoms with Crippen LogP contribution in [0.1, 0.15) is 52.0 Å². The van der Waals surface area contributed by atoms with E-state index in [2.05, 4.69) is 22.8 Å². The van der Waals surface area contributed by atoms with Crippen molar-refractivity contribution in [2.45, 2.75) is 57.4 Å². The van der Waals surface area contributed by atoms with E-state index >= 15 is 0 Å². The molecule has 0 radical (unpaired) electrons. The summed E-state index contributed by atoms with van der Waals surface area (Å²) in [6, 6.07) is 8.18. The zero-order valence-corrected chi connectivity index (χ0v) is 14.2. The number of hydrogen-bond donors (Lipinski definition) is 2. The van der Waals surface area contributed by atoms with Gasteiger partial charge >= 0.3 is 6.03 Å². The van der Waals surface area contributed by atoms with Crippen LogP contribution in [0.4, 0.5) is 4.79 Å². The second kappa shape index (κ2) is 6.59. The van der Waals surface area contributed by atoms with Crippen LogP contribution in [0.5, 0.6) is 5.75 Å². The van der Waals surface area contributed by atoms with Gasteiger partial charge in [-0.1, -0.05) is 25.0 Å². The first-order valence-corrected chi connectivity index (χ1v) is 8.05. The summed E-state index contributed by atoms with van der Waals surface area (Å²) >= 11 is 0. The van der Waals surface area contributed by atoms with Crippen molar-refractivity contribution in [1.82, 2.24) is 10.6 Å². The fourth-order valence-electron chi connectivity index (χ4n) is 3.20. The molecule has 1 fully saturated rings. The van der Waals surface area contributed by atoms with Gasteiger partial charge in [0.2, 0.25) is 0 Å². The first kappa shape index (κ1) is 16.7. The van der Waals surface area contributed by atoms with E-state index in [1.54, 1.807) is 7.11 Å². The van der Waals surface area contributed by atoms with Crippen LogP contribution in [0.25, 0.3) is 0 Å². The van der Waals surface area contributed by atoms with Gasteiger partial charge in [-0.25, -0.2) is 4.79 Å². The molecule has 4 heteroatoms. The van der Waals surface area contributed by atoms with Crippen LogP contribution in [-0.2, 0) is 5.41 Å². The van der Waals surface area contributed by atoms with Crippen LogP contribution in [0.3, 0.4) is 0 Å². The molecule has 0 aromatic heterocycles. The van der Waals surface area contributed by atoms with E-state index in [0.29, 0.717) is 6.54 Å². The molecule has 0 spiro atoms. The minimum Gasteiger partial charge on any atom is -0.497 e. The lowest BCUT2D eigenvalue weighted by atomic mass is 9.79. The lowest BCUT2D eigenvalue weighted by molar-refractivity contribution is 0.228. The number of carbonyl (C=O) groups excluding carboxylic acids is 1. The monoisotopic (exact) mass is 304 g/mol. The first-order chi connectivity index (χ1) is 10.3. The molecule has 1 aromatic rings. The molecule has 22 heavy (non-hydrogen) atoms. The highest BCUT2D eigenvalue weighted by molar-refractivity contribution is 5.74. The largest absolute Gasteiger partial charge is 0.497 e.